The molecule has 0 spiro atoms. The van der Waals surface area contributed by atoms with E-state index in [2.05, 4.69) is 4.98 Å². The molecule has 1 aromatic rings. The van der Waals surface area contributed by atoms with Crippen molar-refractivity contribution in [3.8, 4) is 0 Å². The monoisotopic (exact) mass is 255 g/mol. The Morgan fingerprint density at radius 1 is 1.41 bits per heavy atom. The molecule has 0 atom stereocenters. The van der Waals surface area contributed by atoms with Crippen LogP contribution in [-0.4, -0.2) is 30.7 Å². The number of hydrogen-bond acceptors (Lipinski definition) is 4. The van der Waals surface area contributed by atoms with Crippen molar-refractivity contribution in [2.24, 2.45) is 0 Å². The Balaban J connectivity index is 2.55. The van der Waals surface area contributed by atoms with E-state index in [1.54, 1.807) is 19.2 Å². The summed E-state index contributed by atoms with van der Waals surface area (Å²) < 4.78 is 22.5. The SMILES string of the molecule is CCS(=O)(=O)CCCC(=O)c1ncccc1C. The molecule has 0 fully saturated rings. The molecule has 17 heavy (non-hydrogen) atoms. The summed E-state index contributed by atoms with van der Waals surface area (Å²) in [6, 6.07) is 3.59. The van der Waals surface area contributed by atoms with E-state index < -0.39 is 9.84 Å². The van der Waals surface area contributed by atoms with E-state index >= 15 is 0 Å². The molecule has 5 heteroatoms. The van der Waals surface area contributed by atoms with Gasteiger partial charge in [-0.05, 0) is 25.0 Å². The molecule has 0 radical (unpaired) electrons. The summed E-state index contributed by atoms with van der Waals surface area (Å²) in [6.45, 7) is 3.43. The smallest absolute Gasteiger partial charge is 0.181 e. The van der Waals surface area contributed by atoms with Crippen molar-refractivity contribution in [1.29, 1.82) is 0 Å². The van der Waals surface area contributed by atoms with E-state index in [1.807, 2.05) is 13.0 Å². The summed E-state index contributed by atoms with van der Waals surface area (Å²) in [5, 5.41) is 0. The van der Waals surface area contributed by atoms with Gasteiger partial charge in [0.1, 0.15) is 15.5 Å². The highest BCUT2D eigenvalue weighted by Crippen LogP contribution is 2.08. The van der Waals surface area contributed by atoms with E-state index in [0.29, 0.717) is 12.1 Å². The van der Waals surface area contributed by atoms with Crippen LogP contribution in [0.4, 0.5) is 0 Å². The third kappa shape index (κ3) is 4.26. The fourth-order valence-electron chi connectivity index (χ4n) is 1.49. The fraction of sp³-hybridized carbons (Fsp3) is 0.500. The highest BCUT2D eigenvalue weighted by atomic mass is 32.2. The fourth-order valence-corrected chi connectivity index (χ4v) is 2.37. The number of aryl methyl sites for hydroxylation is 1. The molecule has 1 aromatic heterocycles. The third-order valence-corrected chi connectivity index (χ3v) is 4.36. The number of sulfone groups is 1. The van der Waals surface area contributed by atoms with Crippen LogP contribution in [-0.2, 0) is 9.84 Å². The second kappa shape index (κ2) is 5.91. The zero-order valence-corrected chi connectivity index (χ0v) is 11.0. The first-order chi connectivity index (χ1) is 7.96. The van der Waals surface area contributed by atoms with Crippen molar-refractivity contribution in [2.75, 3.05) is 11.5 Å². The van der Waals surface area contributed by atoms with E-state index in [-0.39, 0.29) is 23.7 Å². The average Bonchev–Trinajstić information content (AvgIpc) is 2.29. The minimum atomic E-state index is -2.98. The van der Waals surface area contributed by atoms with Crippen molar-refractivity contribution < 1.29 is 13.2 Å². The van der Waals surface area contributed by atoms with Crippen LogP contribution in [0.2, 0.25) is 0 Å². The summed E-state index contributed by atoms with van der Waals surface area (Å²) >= 11 is 0. The molecule has 0 saturated carbocycles. The molecule has 1 rings (SSSR count). The first kappa shape index (κ1) is 13.8. The largest absolute Gasteiger partial charge is 0.292 e. The van der Waals surface area contributed by atoms with Gasteiger partial charge in [-0.1, -0.05) is 13.0 Å². The second-order valence-corrected chi connectivity index (χ2v) is 6.40. The van der Waals surface area contributed by atoms with E-state index in [0.717, 1.165) is 5.56 Å². The number of aromatic nitrogens is 1. The predicted octanol–water partition coefficient (Wildman–Crippen LogP) is 1.79. The predicted molar refractivity (Wildman–Crippen MR) is 66.9 cm³/mol. The molecular weight excluding hydrogens is 238 g/mol. The van der Waals surface area contributed by atoms with Gasteiger partial charge in [0.15, 0.2) is 5.78 Å². The maximum atomic E-state index is 11.8. The number of ketones is 1. The Bertz CT molecular complexity index is 494. The van der Waals surface area contributed by atoms with Crippen molar-refractivity contribution in [3.05, 3.63) is 29.6 Å². The maximum absolute atomic E-state index is 11.8. The lowest BCUT2D eigenvalue weighted by Crippen LogP contribution is -2.11. The summed E-state index contributed by atoms with van der Waals surface area (Å²) in [6.07, 6.45) is 2.17. The minimum Gasteiger partial charge on any atom is -0.292 e. The molecule has 0 bridgehead atoms. The van der Waals surface area contributed by atoms with Gasteiger partial charge in [-0.2, -0.15) is 0 Å². The summed E-state index contributed by atoms with van der Waals surface area (Å²) in [5.74, 6) is 0.111. The zero-order valence-electron chi connectivity index (χ0n) is 10.1. The van der Waals surface area contributed by atoms with Gasteiger partial charge in [0.05, 0.1) is 5.75 Å². The summed E-state index contributed by atoms with van der Waals surface area (Å²) in [7, 11) is -2.98. The lowest BCUT2D eigenvalue weighted by molar-refractivity contribution is 0.0976. The first-order valence-electron chi connectivity index (χ1n) is 5.61. The van der Waals surface area contributed by atoms with Crippen molar-refractivity contribution in [3.63, 3.8) is 0 Å². The highest BCUT2D eigenvalue weighted by molar-refractivity contribution is 7.91. The van der Waals surface area contributed by atoms with Crippen LogP contribution in [0.25, 0.3) is 0 Å². The number of Topliss-reactive ketones (excluding diaryl/α,β-unsaturated/α-hetero) is 1. The number of nitrogens with zero attached hydrogens (tertiary/aromatic N) is 1. The zero-order chi connectivity index (χ0) is 12.9. The van der Waals surface area contributed by atoms with Gasteiger partial charge in [-0.25, -0.2) is 8.42 Å². The minimum absolute atomic E-state index is 0.0706. The number of carbonyl (C=O) groups is 1. The van der Waals surface area contributed by atoms with Crippen molar-refractivity contribution in [1.82, 2.24) is 4.98 Å². The standard InChI is InChI=1S/C12H17NO3S/c1-3-17(15,16)9-5-7-11(14)12-10(2)6-4-8-13-12/h4,6,8H,3,5,7,9H2,1-2H3. The Labute approximate surface area is 102 Å². The molecule has 0 aromatic carbocycles. The van der Waals surface area contributed by atoms with Crippen LogP contribution in [0.1, 0.15) is 35.8 Å². The van der Waals surface area contributed by atoms with Crippen LogP contribution in [0.15, 0.2) is 18.3 Å². The Kier molecular flexibility index (Phi) is 4.81. The number of pyridine rings is 1. The van der Waals surface area contributed by atoms with Crippen molar-refractivity contribution in [2.45, 2.75) is 26.7 Å². The van der Waals surface area contributed by atoms with Crippen molar-refractivity contribution >= 4 is 15.6 Å². The third-order valence-electron chi connectivity index (χ3n) is 2.57. The Morgan fingerprint density at radius 3 is 2.71 bits per heavy atom. The molecule has 0 saturated heterocycles. The highest BCUT2D eigenvalue weighted by Gasteiger charge is 2.12. The van der Waals surface area contributed by atoms with E-state index in [1.165, 1.54) is 0 Å². The molecule has 0 amide bonds. The summed E-state index contributed by atoms with van der Waals surface area (Å²) in [4.78, 5) is 15.8. The van der Waals surface area contributed by atoms with Gasteiger partial charge in [0.25, 0.3) is 0 Å². The lowest BCUT2D eigenvalue weighted by atomic mass is 10.1. The molecule has 0 N–H and O–H groups in total. The quantitative estimate of drug-likeness (QED) is 0.727. The van der Waals surface area contributed by atoms with Gasteiger partial charge < -0.3 is 0 Å². The number of hydrogen-bond donors (Lipinski definition) is 0. The first-order valence-corrected chi connectivity index (χ1v) is 7.43. The van der Waals surface area contributed by atoms with Crippen LogP contribution >= 0.6 is 0 Å². The molecule has 1 heterocycles. The second-order valence-electron chi connectivity index (χ2n) is 3.93. The van der Waals surface area contributed by atoms with Crippen LogP contribution in [0.3, 0.4) is 0 Å². The number of rotatable bonds is 6. The van der Waals surface area contributed by atoms with Crippen LogP contribution in [0, 0.1) is 6.92 Å². The average molecular weight is 255 g/mol. The molecule has 0 aliphatic rings. The maximum Gasteiger partial charge on any atom is 0.181 e. The summed E-state index contributed by atoms with van der Waals surface area (Å²) in [5.41, 5.74) is 1.28. The molecule has 0 unspecified atom stereocenters. The van der Waals surface area contributed by atoms with Gasteiger partial charge in [-0.15, -0.1) is 0 Å². The number of carbonyl (C=O) groups excluding carboxylic acids is 1. The lowest BCUT2D eigenvalue weighted by Gasteiger charge is -2.03. The molecular formula is C12H17NO3S. The molecule has 0 aliphatic carbocycles. The van der Waals surface area contributed by atoms with Gasteiger partial charge in [0.2, 0.25) is 0 Å². The Hall–Kier alpha value is -1.23. The van der Waals surface area contributed by atoms with E-state index in [4.69, 9.17) is 0 Å². The van der Waals surface area contributed by atoms with Crippen LogP contribution in [0.5, 0.6) is 0 Å². The Morgan fingerprint density at radius 2 is 2.12 bits per heavy atom. The normalized spacial score (nSPS) is 11.4. The molecule has 94 valence electrons. The molecule has 0 aliphatic heterocycles. The molecule has 4 nitrogen and oxygen atoms in total. The van der Waals surface area contributed by atoms with Gasteiger partial charge in [-0.3, -0.25) is 9.78 Å². The van der Waals surface area contributed by atoms with Gasteiger partial charge in [0, 0.05) is 18.4 Å². The van der Waals surface area contributed by atoms with Gasteiger partial charge >= 0.3 is 0 Å². The topological polar surface area (TPSA) is 64.1 Å². The van der Waals surface area contributed by atoms with E-state index in [9.17, 15) is 13.2 Å². The van der Waals surface area contributed by atoms with Crippen LogP contribution < -0.4 is 0 Å².